The van der Waals surface area contributed by atoms with E-state index in [0.717, 1.165) is 29.7 Å². The van der Waals surface area contributed by atoms with Crippen molar-refractivity contribution >= 4 is 17.5 Å². The summed E-state index contributed by atoms with van der Waals surface area (Å²) in [4.78, 5) is 11.4. The molecule has 4 saturated carbocycles. The summed E-state index contributed by atoms with van der Waals surface area (Å²) in [5.41, 5.74) is 3.77. The summed E-state index contributed by atoms with van der Waals surface area (Å²) in [7, 11) is 0. The number of nitrogens with one attached hydrogen (secondary N) is 1. The molecule has 24 heavy (non-hydrogen) atoms. The van der Waals surface area contributed by atoms with Crippen molar-refractivity contribution in [1.82, 2.24) is 5.48 Å². The molecule has 1 amide bonds. The van der Waals surface area contributed by atoms with Crippen molar-refractivity contribution in [3.63, 3.8) is 0 Å². The van der Waals surface area contributed by atoms with Gasteiger partial charge in [0.15, 0.2) is 0 Å². The number of halogens is 1. The number of aryl methyl sites for hydroxylation is 1. The van der Waals surface area contributed by atoms with Gasteiger partial charge in [-0.15, -0.1) is 0 Å². The molecule has 0 aromatic heterocycles. The smallest absolute Gasteiger partial charge is 0.274 e. The minimum atomic E-state index is -0.517. The second-order valence-corrected chi connectivity index (χ2v) is 8.93. The lowest BCUT2D eigenvalue weighted by atomic mass is 9.48. The molecule has 4 aliphatic carbocycles. The molecule has 0 atom stereocenters. The largest absolute Gasteiger partial charge is 0.288 e. The van der Waals surface area contributed by atoms with E-state index < -0.39 is 5.91 Å². The molecular formula is C20H26ClNO2. The third-order valence-corrected chi connectivity index (χ3v) is 7.09. The van der Waals surface area contributed by atoms with E-state index in [1.54, 1.807) is 17.6 Å². The van der Waals surface area contributed by atoms with Crippen LogP contribution in [0.5, 0.6) is 0 Å². The van der Waals surface area contributed by atoms with E-state index in [1.807, 2.05) is 6.07 Å². The summed E-state index contributed by atoms with van der Waals surface area (Å²) in [6.07, 6.45) is 12.4. The predicted molar refractivity (Wildman–Crippen MR) is 94.2 cm³/mol. The van der Waals surface area contributed by atoms with Crippen molar-refractivity contribution in [2.45, 2.75) is 57.8 Å². The molecule has 1 aromatic carbocycles. The van der Waals surface area contributed by atoms with E-state index in [2.05, 4.69) is 0 Å². The molecular weight excluding hydrogens is 322 g/mol. The SMILES string of the molecule is O=C(NO)c1ccc(CCCC23CC4CC(CC(C4)C2)C3)c(Cl)c1. The summed E-state index contributed by atoms with van der Waals surface area (Å²) in [5, 5.41) is 9.33. The van der Waals surface area contributed by atoms with Gasteiger partial charge in [-0.2, -0.15) is 0 Å². The number of hydrogen-bond donors (Lipinski definition) is 2. The second kappa shape index (κ2) is 6.34. The first kappa shape index (κ1) is 16.4. The van der Waals surface area contributed by atoms with Crippen LogP contribution in [-0.2, 0) is 6.42 Å². The van der Waals surface area contributed by atoms with E-state index >= 15 is 0 Å². The van der Waals surface area contributed by atoms with Gasteiger partial charge in [0, 0.05) is 10.6 Å². The van der Waals surface area contributed by atoms with Gasteiger partial charge >= 0.3 is 0 Å². The Labute approximate surface area is 148 Å². The van der Waals surface area contributed by atoms with Gasteiger partial charge in [-0.1, -0.05) is 17.7 Å². The van der Waals surface area contributed by atoms with Crippen molar-refractivity contribution in [3.8, 4) is 0 Å². The normalized spacial score (nSPS) is 33.7. The van der Waals surface area contributed by atoms with Gasteiger partial charge in [-0.3, -0.25) is 10.0 Å². The first-order chi connectivity index (χ1) is 11.6. The van der Waals surface area contributed by atoms with Gasteiger partial charge in [-0.05, 0) is 98.7 Å². The fourth-order valence-electron chi connectivity index (χ4n) is 6.21. The Hall–Kier alpha value is -1.06. The van der Waals surface area contributed by atoms with Crippen LogP contribution < -0.4 is 5.48 Å². The zero-order chi connectivity index (χ0) is 16.7. The minimum Gasteiger partial charge on any atom is -0.288 e. The molecule has 1 aromatic rings. The number of hydrogen-bond acceptors (Lipinski definition) is 2. The summed E-state index contributed by atoms with van der Waals surface area (Å²) >= 11 is 6.32. The lowest BCUT2D eigenvalue weighted by Crippen LogP contribution is -2.45. The lowest BCUT2D eigenvalue weighted by Gasteiger charge is -2.57. The Balaban J connectivity index is 1.37. The van der Waals surface area contributed by atoms with Crippen molar-refractivity contribution in [1.29, 1.82) is 0 Å². The molecule has 0 saturated heterocycles. The number of rotatable bonds is 5. The topological polar surface area (TPSA) is 49.3 Å². The number of benzene rings is 1. The van der Waals surface area contributed by atoms with E-state index in [0.29, 0.717) is 16.0 Å². The zero-order valence-corrected chi connectivity index (χ0v) is 14.8. The zero-order valence-electron chi connectivity index (χ0n) is 14.1. The third kappa shape index (κ3) is 3.09. The molecule has 4 heteroatoms. The highest BCUT2D eigenvalue weighted by molar-refractivity contribution is 6.31. The number of carbonyl (C=O) groups is 1. The van der Waals surface area contributed by atoms with Crippen LogP contribution in [-0.4, -0.2) is 11.1 Å². The Bertz CT molecular complexity index is 607. The molecule has 4 bridgehead atoms. The van der Waals surface area contributed by atoms with E-state index in [-0.39, 0.29) is 0 Å². The van der Waals surface area contributed by atoms with E-state index in [1.165, 1.54) is 51.4 Å². The highest BCUT2D eigenvalue weighted by atomic mass is 35.5. The molecule has 0 aliphatic heterocycles. The molecule has 0 unspecified atom stereocenters. The number of carbonyl (C=O) groups excluding carboxylic acids is 1. The molecule has 0 spiro atoms. The molecule has 4 fully saturated rings. The quantitative estimate of drug-likeness (QED) is 0.581. The maximum atomic E-state index is 11.4. The van der Waals surface area contributed by atoms with Gasteiger partial charge in [0.05, 0.1) is 0 Å². The Morgan fingerprint density at radius 1 is 1.17 bits per heavy atom. The maximum Gasteiger partial charge on any atom is 0.274 e. The number of hydroxylamine groups is 1. The van der Waals surface area contributed by atoms with Crippen LogP contribution in [0.2, 0.25) is 5.02 Å². The van der Waals surface area contributed by atoms with E-state index in [4.69, 9.17) is 16.8 Å². The summed E-state index contributed by atoms with van der Waals surface area (Å²) < 4.78 is 0. The van der Waals surface area contributed by atoms with Crippen molar-refractivity contribution in [3.05, 3.63) is 34.3 Å². The lowest BCUT2D eigenvalue weighted by molar-refractivity contribution is -0.0580. The molecule has 3 nitrogen and oxygen atoms in total. The second-order valence-electron chi connectivity index (χ2n) is 8.52. The molecule has 0 radical (unpaired) electrons. The van der Waals surface area contributed by atoms with Crippen LogP contribution in [0, 0.1) is 23.2 Å². The summed E-state index contributed by atoms with van der Waals surface area (Å²) in [6.45, 7) is 0. The number of amides is 1. The van der Waals surface area contributed by atoms with Crippen molar-refractivity contribution in [2.75, 3.05) is 0 Å². The van der Waals surface area contributed by atoms with Crippen LogP contribution in [0.3, 0.4) is 0 Å². The Morgan fingerprint density at radius 2 is 1.79 bits per heavy atom. The van der Waals surface area contributed by atoms with Gasteiger partial charge in [-0.25, -0.2) is 5.48 Å². The van der Waals surface area contributed by atoms with Gasteiger partial charge in [0.1, 0.15) is 0 Å². The average molecular weight is 348 g/mol. The van der Waals surface area contributed by atoms with Gasteiger partial charge < -0.3 is 0 Å². The Morgan fingerprint density at radius 3 is 2.33 bits per heavy atom. The molecule has 5 rings (SSSR count). The predicted octanol–water partition coefficient (Wildman–Crippen LogP) is 5.00. The first-order valence-corrected chi connectivity index (χ1v) is 9.67. The standard InChI is InChI=1S/C20H26ClNO2/c21-18-9-17(19(23)22-24)4-3-16(18)2-1-5-20-10-13-6-14(11-20)8-15(7-13)12-20/h3-4,9,13-15,24H,1-2,5-8,10-12H2,(H,22,23). The average Bonchev–Trinajstić information content (AvgIpc) is 2.54. The van der Waals surface area contributed by atoms with Crippen molar-refractivity contribution in [2.24, 2.45) is 23.2 Å². The van der Waals surface area contributed by atoms with Crippen LogP contribution in [0.25, 0.3) is 0 Å². The molecule has 0 heterocycles. The first-order valence-electron chi connectivity index (χ1n) is 9.30. The van der Waals surface area contributed by atoms with Gasteiger partial charge in [0.2, 0.25) is 0 Å². The highest BCUT2D eigenvalue weighted by Gasteiger charge is 2.50. The van der Waals surface area contributed by atoms with Crippen LogP contribution in [0.1, 0.15) is 67.3 Å². The maximum absolute atomic E-state index is 11.4. The Kier molecular flexibility index (Phi) is 4.34. The third-order valence-electron chi connectivity index (χ3n) is 6.74. The molecule has 4 aliphatic rings. The minimum absolute atomic E-state index is 0.396. The van der Waals surface area contributed by atoms with Crippen molar-refractivity contribution < 1.29 is 10.0 Å². The van der Waals surface area contributed by atoms with E-state index in [9.17, 15) is 4.79 Å². The fraction of sp³-hybridized carbons (Fsp3) is 0.650. The van der Waals surface area contributed by atoms with Crippen LogP contribution in [0.15, 0.2) is 18.2 Å². The van der Waals surface area contributed by atoms with Crippen LogP contribution >= 0.6 is 11.6 Å². The summed E-state index contributed by atoms with van der Waals surface area (Å²) in [5.74, 6) is 2.51. The van der Waals surface area contributed by atoms with Gasteiger partial charge in [0.25, 0.3) is 5.91 Å². The van der Waals surface area contributed by atoms with Crippen LogP contribution in [0.4, 0.5) is 0 Å². The molecule has 2 N–H and O–H groups in total. The molecule has 130 valence electrons. The summed E-state index contributed by atoms with van der Waals surface area (Å²) in [6, 6.07) is 5.30. The monoisotopic (exact) mass is 347 g/mol. The highest BCUT2D eigenvalue weighted by Crippen LogP contribution is 2.61. The fourth-order valence-corrected chi connectivity index (χ4v) is 6.48.